The molecular formula is C14H17FN4. The number of hydrogen-bond acceptors (Lipinski definition) is 4. The number of hydrogen-bond donors (Lipinski definition) is 2. The maximum absolute atomic E-state index is 14.0. The molecule has 4 nitrogen and oxygen atoms in total. The van der Waals surface area contributed by atoms with E-state index in [-0.39, 0.29) is 11.9 Å². The summed E-state index contributed by atoms with van der Waals surface area (Å²) in [7, 11) is 0. The predicted octanol–water partition coefficient (Wildman–Crippen LogP) is 2.36. The monoisotopic (exact) mass is 260 g/mol. The summed E-state index contributed by atoms with van der Waals surface area (Å²) in [5.41, 5.74) is 6.87. The van der Waals surface area contributed by atoms with Crippen molar-refractivity contribution in [3.05, 3.63) is 41.8 Å². The summed E-state index contributed by atoms with van der Waals surface area (Å²) in [4.78, 5) is 8.30. The third kappa shape index (κ3) is 3.26. The van der Waals surface area contributed by atoms with E-state index in [1.54, 1.807) is 24.4 Å². The third-order valence-electron chi connectivity index (χ3n) is 2.72. The molecule has 3 N–H and O–H groups in total. The van der Waals surface area contributed by atoms with Crippen LogP contribution in [0.15, 0.2) is 30.5 Å². The molecule has 1 aromatic carbocycles. The SMILES string of the molecule is CC(C)NCc1c(F)cccc1-c1nccc(N)n1. The van der Waals surface area contributed by atoms with Crippen molar-refractivity contribution in [3.63, 3.8) is 0 Å². The molecule has 5 heteroatoms. The number of nitrogens with two attached hydrogens (primary N) is 1. The Kier molecular flexibility index (Phi) is 4.06. The molecule has 2 rings (SSSR count). The number of aromatic nitrogens is 2. The van der Waals surface area contributed by atoms with Crippen molar-refractivity contribution in [2.45, 2.75) is 26.4 Å². The summed E-state index contributed by atoms with van der Waals surface area (Å²) in [5.74, 6) is 0.550. The van der Waals surface area contributed by atoms with Crippen LogP contribution in [-0.2, 0) is 6.54 Å². The van der Waals surface area contributed by atoms with Crippen molar-refractivity contribution in [2.75, 3.05) is 5.73 Å². The molecule has 0 spiro atoms. The van der Waals surface area contributed by atoms with Gasteiger partial charge in [0, 0.05) is 29.9 Å². The molecule has 0 aliphatic rings. The Hall–Kier alpha value is -2.01. The van der Waals surface area contributed by atoms with Crippen LogP contribution >= 0.6 is 0 Å². The quantitative estimate of drug-likeness (QED) is 0.885. The summed E-state index contributed by atoms with van der Waals surface area (Å²) in [6, 6.07) is 6.77. The zero-order chi connectivity index (χ0) is 13.8. The van der Waals surface area contributed by atoms with Crippen molar-refractivity contribution < 1.29 is 4.39 Å². The van der Waals surface area contributed by atoms with Crippen LogP contribution < -0.4 is 11.1 Å². The van der Waals surface area contributed by atoms with Gasteiger partial charge >= 0.3 is 0 Å². The van der Waals surface area contributed by atoms with E-state index in [1.165, 1.54) is 6.07 Å². The van der Waals surface area contributed by atoms with Crippen molar-refractivity contribution in [1.29, 1.82) is 0 Å². The Morgan fingerprint density at radius 2 is 2.11 bits per heavy atom. The Labute approximate surface area is 111 Å². The number of halogens is 1. The minimum atomic E-state index is -0.267. The van der Waals surface area contributed by atoms with Crippen LogP contribution in [0.1, 0.15) is 19.4 Å². The molecule has 0 aliphatic carbocycles. The zero-order valence-corrected chi connectivity index (χ0v) is 11.0. The van der Waals surface area contributed by atoms with Gasteiger partial charge in [-0.3, -0.25) is 0 Å². The van der Waals surface area contributed by atoms with Gasteiger partial charge in [0.25, 0.3) is 0 Å². The molecule has 1 heterocycles. The molecule has 19 heavy (non-hydrogen) atoms. The van der Waals surface area contributed by atoms with Gasteiger partial charge in [0.1, 0.15) is 11.6 Å². The first kappa shape index (κ1) is 13.4. The topological polar surface area (TPSA) is 63.8 Å². The van der Waals surface area contributed by atoms with E-state index < -0.39 is 0 Å². The maximum Gasteiger partial charge on any atom is 0.161 e. The lowest BCUT2D eigenvalue weighted by atomic mass is 10.1. The minimum Gasteiger partial charge on any atom is -0.384 e. The molecule has 0 atom stereocenters. The molecule has 0 saturated heterocycles. The maximum atomic E-state index is 14.0. The number of nitrogen functional groups attached to an aromatic ring is 1. The Bertz CT molecular complexity index is 569. The van der Waals surface area contributed by atoms with Crippen molar-refractivity contribution in [2.24, 2.45) is 0 Å². The van der Waals surface area contributed by atoms with Gasteiger partial charge in [-0.15, -0.1) is 0 Å². The Balaban J connectivity index is 2.42. The second-order valence-corrected chi connectivity index (χ2v) is 4.61. The molecule has 0 radical (unpaired) electrons. The van der Waals surface area contributed by atoms with Gasteiger partial charge in [-0.2, -0.15) is 0 Å². The van der Waals surface area contributed by atoms with Crippen molar-refractivity contribution >= 4 is 5.82 Å². The van der Waals surface area contributed by atoms with Crippen LogP contribution in [0, 0.1) is 5.82 Å². The van der Waals surface area contributed by atoms with Crippen molar-refractivity contribution in [3.8, 4) is 11.4 Å². The lowest BCUT2D eigenvalue weighted by Crippen LogP contribution is -2.23. The standard InChI is InChI=1S/C14H17FN4/c1-9(2)18-8-11-10(4-3-5-12(11)15)14-17-7-6-13(16)19-14/h3-7,9,18H,8H2,1-2H3,(H2,16,17,19). The summed E-state index contributed by atoms with van der Waals surface area (Å²) in [6.45, 7) is 4.45. The fourth-order valence-electron chi connectivity index (χ4n) is 1.76. The van der Waals surface area contributed by atoms with Crippen LogP contribution in [0.3, 0.4) is 0 Å². The van der Waals surface area contributed by atoms with Crippen molar-refractivity contribution in [1.82, 2.24) is 15.3 Å². The van der Waals surface area contributed by atoms with Gasteiger partial charge < -0.3 is 11.1 Å². The number of benzene rings is 1. The number of rotatable bonds is 4. The van der Waals surface area contributed by atoms with Crippen LogP contribution in [0.2, 0.25) is 0 Å². The van der Waals surface area contributed by atoms with Crippen LogP contribution in [0.5, 0.6) is 0 Å². The van der Waals surface area contributed by atoms with Gasteiger partial charge in [0.05, 0.1) is 0 Å². The highest BCUT2D eigenvalue weighted by atomic mass is 19.1. The van der Waals surface area contributed by atoms with E-state index in [9.17, 15) is 4.39 Å². The number of anilines is 1. The first-order valence-electron chi connectivity index (χ1n) is 6.17. The zero-order valence-electron chi connectivity index (χ0n) is 11.0. The molecular weight excluding hydrogens is 243 g/mol. The average Bonchev–Trinajstić information content (AvgIpc) is 2.37. The predicted molar refractivity (Wildman–Crippen MR) is 73.8 cm³/mol. The lowest BCUT2D eigenvalue weighted by Gasteiger charge is -2.13. The molecule has 100 valence electrons. The molecule has 1 aromatic heterocycles. The molecule has 0 bridgehead atoms. The summed E-state index contributed by atoms with van der Waals surface area (Å²) in [6.07, 6.45) is 1.57. The molecule has 0 amide bonds. The van der Waals surface area contributed by atoms with Gasteiger partial charge in [0.2, 0.25) is 0 Å². The minimum absolute atomic E-state index is 0.267. The van der Waals surface area contributed by atoms with E-state index in [0.717, 1.165) is 0 Å². The van der Waals surface area contributed by atoms with Gasteiger partial charge in [-0.1, -0.05) is 26.0 Å². The third-order valence-corrected chi connectivity index (χ3v) is 2.72. The molecule has 0 aliphatic heterocycles. The molecule has 0 fully saturated rings. The lowest BCUT2D eigenvalue weighted by molar-refractivity contribution is 0.554. The average molecular weight is 260 g/mol. The second kappa shape index (κ2) is 5.75. The highest BCUT2D eigenvalue weighted by Gasteiger charge is 2.12. The number of nitrogens with one attached hydrogen (secondary N) is 1. The second-order valence-electron chi connectivity index (χ2n) is 4.61. The van der Waals surface area contributed by atoms with E-state index >= 15 is 0 Å². The fraction of sp³-hybridized carbons (Fsp3) is 0.286. The van der Waals surface area contributed by atoms with Crippen LogP contribution in [-0.4, -0.2) is 16.0 Å². The van der Waals surface area contributed by atoms with Crippen LogP contribution in [0.25, 0.3) is 11.4 Å². The van der Waals surface area contributed by atoms with Gasteiger partial charge in [-0.05, 0) is 12.1 Å². The van der Waals surface area contributed by atoms with E-state index in [2.05, 4.69) is 15.3 Å². The fourth-order valence-corrected chi connectivity index (χ4v) is 1.76. The molecule has 0 unspecified atom stereocenters. The van der Waals surface area contributed by atoms with E-state index in [1.807, 2.05) is 13.8 Å². The smallest absolute Gasteiger partial charge is 0.161 e. The molecule has 0 saturated carbocycles. The number of nitrogens with zero attached hydrogens (tertiary/aromatic N) is 2. The normalized spacial score (nSPS) is 10.9. The van der Waals surface area contributed by atoms with Crippen LogP contribution in [0.4, 0.5) is 10.2 Å². The van der Waals surface area contributed by atoms with E-state index in [0.29, 0.717) is 29.3 Å². The molecule has 2 aromatic rings. The Morgan fingerprint density at radius 3 is 2.79 bits per heavy atom. The largest absolute Gasteiger partial charge is 0.384 e. The first-order valence-corrected chi connectivity index (χ1v) is 6.17. The van der Waals surface area contributed by atoms with E-state index in [4.69, 9.17) is 5.73 Å². The van der Waals surface area contributed by atoms with Gasteiger partial charge in [0.15, 0.2) is 5.82 Å². The Morgan fingerprint density at radius 1 is 1.32 bits per heavy atom. The summed E-state index contributed by atoms with van der Waals surface area (Å²) >= 11 is 0. The highest BCUT2D eigenvalue weighted by Crippen LogP contribution is 2.23. The first-order chi connectivity index (χ1) is 9.08. The van der Waals surface area contributed by atoms with Gasteiger partial charge in [-0.25, -0.2) is 14.4 Å². The highest BCUT2D eigenvalue weighted by molar-refractivity contribution is 5.61. The summed E-state index contributed by atoms with van der Waals surface area (Å²) in [5, 5.41) is 3.20. The summed E-state index contributed by atoms with van der Waals surface area (Å²) < 4.78 is 14.0.